The zero-order valence-electron chi connectivity index (χ0n) is 8.48. The molecular formula is C9H11NO5. The summed E-state index contributed by atoms with van der Waals surface area (Å²) >= 11 is 0. The maximum atomic E-state index is 11.3. The molecular weight excluding hydrogens is 202 g/mol. The maximum absolute atomic E-state index is 11.3. The second-order valence-electron chi connectivity index (χ2n) is 3.03. The van der Waals surface area contributed by atoms with Gasteiger partial charge in [0.05, 0.1) is 12.7 Å². The Morgan fingerprint density at radius 2 is 2.27 bits per heavy atom. The van der Waals surface area contributed by atoms with Crippen LogP contribution in [0.15, 0.2) is 23.0 Å². The Labute approximate surface area is 86.3 Å². The van der Waals surface area contributed by atoms with Crippen molar-refractivity contribution in [2.45, 2.75) is 19.8 Å². The van der Waals surface area contributed by atoms with Crippen molar-refractivity contribution >= 4 is 5.97 Å². The van der Waals surface area contributed by atoms with Gasteiger partial charge in [0.25, 0.3) is 5.09 Å². The minimum Gasteiger partial charge on any atom is -0.465 e. The number of hydrogen-bond acceptors (Lipinski definition) is 5. The van der Waals surface area contributed by atoms with Gasteiger partial charge in [-0.2, -0.15) is 0 Å². The van der Waals surface area contributed by atoms with Gasteiger partial charge >= 0.3 is 5.97 Å². The zero-order chi connectivity index (χ0) is 11.4. The molecule has 0 heterocycles. The number of carbonyl (C=O) groups is 1. The summed E-state index contributed by atoms with van der Waals surface area (Å²) in [6, 6.07) is 0. The third-order valence-electron chi connectivity index (χ3n) is 2.07. The molecule has 0 aliphatic heterocycles. The van der Waals surface area contributed by atoms with Gasteiger partial charge in [0.1, 0.15) is 5.76 Å². The highest BCUT2D eigenvalue weighted by Crippen LogP contribution is 2.26. The predicted octanol–water partition coefficient (Wildman–Crippen LogP) is 1.36. The molecule has 6 heteroatoms. The molecule has 1 rings (SSSR count). The summed E-state index contributed by atoms with van der Waals surface area (Å²) in [6.45, 7) is 1.69. The van der Waals surface area contributed by atoms with E-state index in [0.717, 1.165) is 0 Å². The van der Waals surface area contributed by atoms with Crippen molar-refractivity contribution in [3.63, 3.8) is 0 Å². The zero-order valence-corrected chi connectivity index (χ0v) is 8.48. The van der Waals surface area contributed by atoms with Gasteiger partial charge in [0, 0.05) is 0 Å². The van der Waals surface area contributed by atoms with Crippen LogP contribution in [0.2, 0.25) is 0 Å². The van der Waals surface area contributed by atoms with Gasteiger partial charge in [0.2, 0.25) is 0 Å². The molecule has 0 spiro atoms. The number of nitrogens with zero attached hydrogens (tertiary/aromatic N) is 1. The summed E-state index contributed by atoms with van der Waals surface area (Å²) in [5.74, 6) is -0.549. The third kappa shape index (κ3) is 2.55. The molecule has 0 N–H and O–H groups in total. The Balaban J connectivity index is 3.05. The summed E-state index contributed by atoms with van der Waals surface area (Å²) in [6.07, 6.45) is 2.78. The lowest BCUT2D eigenvalue weighted by Gasteiger charge is -2.15. The molecule has 0 saturated carbocycles. The van der Waals surface area contributed by atoms with Gasteiger partial charge in [-0.05, 0) is 25.3 Å². The molecule has 0 bridgehead atoms. The van der Waals surface area contributed by atoms with Gasteiger partial charge < -0.3 is 4.74 Å². The van der Waals surface area contributed by atoms with E-state index in [4.69, 9.17) is 0 Å². The molecule has 1 aliphatic carbocycles. The van der Waals surface area contributed by atoms with Crippen LogP contribution < -0.4 is 0 Å². The first-order valence-corrected chi connectivity index (χ1v) is 4.37. The fraction of sp³-hybridized carbons (Fsp3) is 0.444. The van der Waals surface area contributed by atoms with E-state index in [2.05, 4.69) is 9.57 Å². The number of rotatable bonds is 3. The van der Waals surface area contributed by atoms with Crippen LogP contribution in [-0.2, 0) is 14.4 Å². The van der Waals surface area contributed by atoms with Crippen molar-refractivity contribution in [3.8, 4) is 0 Å². The van der Waals surface area contributed by atoms with Crippen molar-refractivity contribution in [3.05, 3.63) is 33.1 Å². The second kappa shape index (κ2) is 4.59. The van der Waals surface area contributed by atoms with Crippen molar-refractivity contribution < 1.29 is 19.5 Å². The highest BCUT2D eigenvalue weighted by molar-refractivity contribution is 5.94. The Kier molecular flexibility index (Phi) is 3.43. The lowest BCUT2D eigenvalue weighted by atomic mass is 9.97. The predicted molar refractivity (Wildman–Crippen MR) is 50.1 cm³/mol. The van der Waals surface area contributed by atoms with Crippen LogP contribution >= 0.6 is 0 Å². The fourth-order valence-corrected chi connectivity index (χ4v) is 1.42. The van der Waals surface area contributed by atoms with Gasteiger partial charge in [0.15, 0.2) is 0 Å². The van der Waals surface area contributed by atoms with Crippen LogP contribution in [0.4, 0.5) is 0 Å². The summed E-state index contributed by atoms with van der Waals surface area (Å²) < 4.78 is 4.53. The Morgan fingerprint density at radius 3 is 2.80 bits per heavy atom. The molecule has 0 saturated heterocycles. The van der Waals surface area contributed by atoms with Crippen LogP contribution in [0.3, 0.4) is 0 Å². The topological polar surface area (TPSA) is 78.7 Å². The average molecular weight is 213 g/mol. The van der Waals surface area contributed by atoms with Gasteiger partial charge in [-0.1, -0.05) is 6.08 Å². The number of hydrogen-bond donors (Lipinski definition) is 0. The van der Waals surface area contributed by atoms with E-state index in [-0.39, 0.29) is 11.3 Å². The molecule has 0 atom stereocenters. The first kappa shape index (κ1) is 11.2. The fourth-order valence-electron chi connectivity index (χ4n) is 1.42. The molecule has 0 amide bonds. The average Bonchev–Trinajstić information content (AvgIpc) is 2.16. The van der Waals surface area contributed by atoms with Crippen LogP contribution in [0.1, 0.15) is 19.8 Å². The van der Waals surface area contributed by atoms with Crippen molar-refractivity contribution in [2.75, 3.05) is 7.11 Å². The summed E-state index contributed by atoms with van der Waals surface area (Å²) in [4.78, 5) is 25.9. The number of carbonyl (C=O) groups excluding carboxylic acids is 1. The second-order valence-corrected chi connectivity index (χ2v) is 3.03. The standard InChI is InChI=1S/C9H11NO5/c1-6-4-3-5-7(15-10(12)13)8(6)9(11)14-2/h4H,3,5H2,1-2H3. The van der Waals surface area contributed by atoms with E-state index < -0.39 is 11.1 Å². The summed E-state index contributed by atoms with van der Waals surface area (Å²) in [5, 5.41) is 9.29. The molecule has 0 radical (unpaired) electrons. The van der Waals surface area contributed by atoms with Gasteiger partial charge in [-0.3, -0.25) is 4.84 Å². The molecule has 15 heavy (non-hydrogen) atoms. The minimum absolute atomic E-state index is 0.0619. The summed E-state index contributed by atoms with van der Waals surface area (Å²) in [5.41, 5.74) is 0.797. The largest absolute Gasteiger partial charge is 0.465 e. The van der Waals surface area contributed by atoms with Crippen LogP contribution in [0.5, 0.6) is 0 Å². The molecule has 82 valence electrons. The van der Waals surface area contributed by atoms with Crippen molar-refractivity contribution in [2.24, 2.45) is 0 Å². The lowest BCUT2D eigenvalue weighted by Crippen LogP contribution is -2.15. The normalized spacial score (nSPS) is 15.7. The third-order valence-corrected chi connectivity index (χ3v) is 2.07. The van der Waals surface area contributed by atoms with E-state index >= 15 is 0 Å². The van der Waals surface area contributed by atoms with E-state index in [1.165, 1.54) is 7.11 Å². The monoisotopic (exact) mass is 213 g/mol. The highest BCUT2D eigenvalue weighted by Gasteiger charge is 2.23. The van der Waals surface area contributed by atoms with Crippen molar-refractivity contribution in [1.82, 2.24) is 0 Å². The SMILES string of the molecule is COC(=O)C1=C(O[N+](=O)[O-])CCC=C1C. The lowest BCUT2D eigenvalue weighted by molar-refractivity contribution is -0.743. The van der Waals surface area contributed by atoms with Crippen LogP contribution in [0, 0.1) is 10.1 Å². The van der Waals surface area contributed by atoms with Crippen LogP contribution in [-0.4, -0.2) is 18.2 Å². The van der Waals surface area contributed by atoms with E-state index in [1.807, 2.05) is 6.08 Å². The maximum Gasteiger partial charge on any atom is 0.340 e. The number of ether oxygens (including phenoxy) is 1. The van der Waals surface area contributed by atoms with E-state index in [9.17, 15) is 14.9 Å². The van der Waals surface area contributed by atoms with Crippen molar-refractivity contribution in [1.29, 1.82) is 0 Å². The molecule has 0 unspecified atom stereocenters. The number of esters is 1. The van der Waals surface area contributed by atoms with Gasteiger partial charge in [-0.15, -0.1) is 10.1 Å². The molecule has 0 aromatic carbocycles. The molecule has 0 aromatic heterocycles. The quantitative estimate of drug-likeness (QED) is 0.401. The summed E-state index contributed by atoms with van der Waals surface area (Å²) in [7, 11) is 1.22. The van der Waals surface area contributed by atoms with Crippen LogP contribution in [0.25, 0.3) is 0 Å². The Morgan fingerprint density at radius 1 is 1.60 bits per heavy atom. The first-order chi connectivity index (χ1) is 7.06. The van der Waals surface area contributed by atoms with E-state index in [1.54, 1.807) is 6.92 Å². The number of methoxy groups -OCH3 is 1. The molecule has 0 fully saturated rings. The van der Waals surface area contributed by atoms with Gasteiger partial charge in [-0.25, -0.2) is 4.79 Å². The molecule has 0 aromatic rings. The Hall–Kier alpha value is -1.85. The Bertz CT molecular complexity index is 356. The molecule has 1 aliphatic rings. The molecule has 6 nitrogen and oxygen atoms in total. The number of allylic oxidation sites excluding steroid dienone is 2. The smallest absolute Gasteiger partial charge is 0.340 e. The minimum atomic E-state index is -0.920. The first-order valence-electron chi connectivity index (χ1n) is 4.37. The highest BCUT2D eigenvalue weighted by atomic mass is 17.0. The van der Waals surface area contributed by atoms with E-state index in [0.29, 0.717) is 18.4 Å².